The van der Waals surface area contributed by atoms with Crippen molar-refractivity contribution in [3.8, 4) is 6.07 Å². The lowest BCUT2D eigenvalue weighted by atomic mass is 9.97. The first-order chi connectivity index (χ1) is 10.8. The van der Waals surface area contributed by atoms with E-state index >= 15 is 0 Å². The van der Waals surface area contributed by atoms with Gasteiger partial charge in [0.05, 0.1) is 17.7 Å². The number of amides is 1. The molecule has 0 aliphatic rings. The topological polar surface area (TPSA) is 81.6 Å². The van der Waals surface area contributed by atoms with E-state index in [1.54, 1.807) is 20.8 Å². The number of halogens is 2. The van der Waals surface area contributed by atoms with Crippen LogP contribution in [-0.2, 0) is 4.79 Å². The quantitative estimate of drug-likeness (QED) is 0.909. The Morgan fingerprint density at radius 3 is 2.61 bits per heavy atom. The zero-order chi connectivity index (χ0) is 17.1. The van der Waals surface area contributed by atoms with E-state index in [4.69, 9.17) is 0 Å². The third-order valence-corrected chi connectivity index (χ3v) is 3.70. The summed E-state index contributed by atoms with van der Waals surface area (Å²) in [6.07, 6.45) is 0. The van der Waals surface area contributed by atoms with Crippen molar-refractivity contribution in [3.63, 3.8) is 0 Å². The third-order valence-electron chi connectivity index (χ3n) is 3.70. The van der Waals surface area contributed by atoms with Crippen LogP contribution in [0.25, 0.3) is 0 Å². The molecule has 23 heavy (non-hydrogen) atoms. The minimum Gasteiger partial charge on any atom is -0.336 e. The predicted molar refractivity (Wildman–Crippen MR) is 79.3 cm³/mol. The third kappa shape index (κ3) is 3.37. The smallest absolute Gasteiger partial charge is 0.228 e. The van der Waals surface area contributed by atoms with Gasteiger partial charge < -0.3 is 5.32 Å². The van der Waals surface area contributed by atoms with E-state index in [1.807, 2.05) is 6.07 Å². The van der Waals surface area contributed by atoms with E-state index in [1.165, 1.54) is 0 Å². The zero-order valence-electron chi connectivity index (χ0n) is 12.9. The van der Waals surface area contributed by atoms with Gasteiger partial charge in [0, 0.05) is 22.9 Å². The molecule has 1 heterocycles. The molecule has 1 aromatic heterocycles. The number of nitrogens with zero attached hydrogens (tertiary/aromatic N) is 2. The molecule has 0 bridgehead atoms. The molecular formula is C16H16F2N4O. The number of nitrogens with one attached hydrogen (secondary N) is 2. The number of rotatable bonds is 4. The molecule has 1 amide bonds. The fourth-order valence-electron chi connectivity index (χ4n) is 2.51. The molecule has 120 valence electrons. The second-order valence-corrected chi connectivity index (χ2v) is 5.31. The lowest BCUT2D eigenvalue weighted by Crippen LogP contribution is -2.32. The van der Waals surface area contributed by atoms with Crippen LogP contribution in [0.4, 0.5) is 8.78 Å². The molecule has 0 saturated carbocycles. The Morgan fingerprint density at radius 2 is 2.09 bits per heavy atom. The molecule has 0 spiro atoms. The summed E-state index contributed by atoms with van der Waals surface area (Å²) in [5, 5.41) is 18.5. The highest BCUT2D eigenvalue weighted by atomic mass is 19.1. The normalized spacial score (nSPS) is 13.2. The number of aryl methyl sites for hydroxylation is 2. The van der Waals surface area contributed by atoms with Gasteiger partial charge in [-0.1, -0.05) is 6.07 Å². The maximum absolute atomic E-state index is 13.8. The van der Waals surface area contributed by atoms with Gasteiger partial charge in [0.2, 0.25) is 5.91 Å². The molecule has 0 saturated heterocycles. The summed E-state index contributed by atoms with van der Waals surface area (Å²) >= 11 is 0. The van der Waals surface area contributed by atoms with E-state index in [0.717, 1.165) is 23.4 Å². The molecule has 2 aromatic rings. The summed E-state index contributed by atoms with van der Waals surface area (Å²) in [6, 6.07) is 3.50. The van der Waals surface area contributed by atoms with E-state index in [2.05, 4.69) is 15.5 Å². The fourth-order valence-corrected chi connectivity index (χ4v) is 2.51. The van der Waals surface area contributed by atoms with Crippen molar-refractivity contribution < 1.29 is 13.6 Å². The van der Waals surface area contributed by atoms with Crippen LogP contribution in [0, 0.1) is 36.8 Å². The number of aromatic amines is 1. The summed E-state index contributed by atoms with van der Waals surface area (Å²) in [7, 11) is 0. The van der Waals surface area contributed by atoms with Crippen LogP contribution in [0.1, 0.15) is 41.4 Å². The highest BCUT2D eigenvalue weighted by molar-refractivity contribution is 5.84. The van der Waals surface area contributed by atoms with Gasteiger partial charge in [0.25, 0.3) is 0 Å². The van der Waals surface area contributed by atoms with E-state index in [0.29, 0.717) is 11.8 Å². The van der Waals surface area contributed by atoms with Gasteiger partial charge in [-0.2, -0.15) is 10.4 Å². The first-order valence-electron chi connectivity index (χ1n) is 7.01. The number of hydrogen-bond donors (Lipinski definition) is 2. The Hall–Kier alpha value is -2.75. The summed E-state index contributed by atoms with van der Waals surface area (Å²) in [6.45, 7) is 5.24. The van der Waals surface area contributed by atoms with Crippen LogP contribution >= 0.6 is 0 Å². The predicted octanol–water partition coefficient (Wildman–Crippen LogP) is 2.79. The van der Waals surface area contributed by atoms with Gasteiger partial charge in [-0.15, -0.1) is 0 Å². The maximum atomic E-state index is 13.8. The molecule has 0 aliphatic heterocycles. The highest BCUT2D eigenvalue weighted by Gasteiger charge is 2.25. The molecule has 0 fully saturated rings. The molecule has 1 aromatic carbocycles. The molecule has 0 aliphatic carbocycles. The molecule has 0 unspecified atom stereocenters. The Kier molecular flexibility index (Phi) is 4.74. The van der Waals surface area contributed by atoms with Gasteiger partial charge in [0.1, 0.15) is 17.7 Å². The van der Waals surface area contributed by atoms with Gasteiger partial charge in [-0.3, -0.25) is 9.89 Å². The molecule has 2 N–H and O–H groups in total. The van der Waals surface area contributed by atoms with Crippen molar-refractivity contribution in [2.45, 2.75) is 32.7 Å². The first kappa shape index (κ1) is 16.6. The van der Waals surface area contributed by atoms with Gasteiger partial charge in [0.15, 0.2) is 0 Å². The number of benzene rings is 1. The number of carbonyl (C=O) groups excluding carboxylic acids is 1. The number of H-pyrrole nitrogens is 1. The fraction of sp³-hybridized carbons (Fsp3) is 0.312. The average molecular weight is 318 g/mol. The van der Waals surface area contributed by atoms with Crippen molar-refractivity contribution in [1.82, 2.24) is 15.5 Å². The second-order valence-electron chi connectivity index (χ2n) is 5.31. The Balaban J connectivity index is 2.22. The summed E-state index contributed by atoms with van der Waals surface area (Å²) < 4.78 is 26.7. The SMILES string of the molecule is Cc1n[nH]c(C)c1[C@H](C)C(=O)N[C@@H](C#N)c1ccc(F)cc1F. The van der Waals surface area contributed by atoms with Crippen LogP contribution in [0.2, 0.25) is 0 Å². The van der Waals surface area contributed by atoms with E-state index in [-0.39, 0.29) is 5.56 Å². The van der Waals surface area contributed by atoms with Gasteiger partial charge in [-0.25, -0.2) is 8.78 Å². The molecule has 5 nitrogen and oxygen atoms in total. The summed E-state index contributed by atoms with van der Waals surface area (Å²) in [5.41, 5.74) is 2.10. The molecular weight excluding hydrogens is 302 g/mol. The maximum Gasteiger partial charge on any atom is 0.228 e. The Morgan fingerprint density at radius 1 is 1.39 bits per heavy atom. The van der Waals surface area contributed by atoms with Crippen LogP contribution in [0.15, 0.2) is 18.2 Å². The van der Waals surface area contributed by atoms with Crippen molar-refractivity contribution >= 4 is 5.91 Å². The van der Waals surface area contributed by atoms with Crippen molar-refractivity contribution in [3.05, 3.63) is 52.3 Å². The average Bonchev–Trinajstić information content (AvgIpc) is 2.83. The van der Waals surface area contributed by atoms with Crippen LogP contribution in [-0.4, -0.2) is 16.1 Å². The lowest BCUT2D eigenvalue weighted by molar-refractivity contribution is -0.122. The Labute approximate surface area is 132 Å². The molecule has 2 atom stereocenters. The standard InChI is InChI=1S/C16H16F2N4O/c1-8(15-9(2)21-22-10(15)3)16(23)20-14(7-19)12-5-4-11(17)6-13(12)18/h4-6,8,14H,1-3H3,(H,20,23)(H,21,22)/t8-,14-/m0/s1. The number of nitriles is 1. The molecule has 7 heteroatoms. The van der Waals surface area contributed by atoms with Crippen LogP contribution < -0.4 is 5.32 Å². The van der Waals surface area contributed by atoms with Crippen molar-refractivity contribution in [2.24, 2.45) is 0 Å². The summed E-state index contributed by atoms with van der Waals surface area (Å²) in [5.74, 6) is -2.62. The van der Waals surface area contributed by atoms with Crippen LogP contribution in [0.5, 0.6) is 0 Å². The van der Waals surface area contributed by atoms with Crippen molar-refractivity contribution in [2.75, 3.05) is 0 Å². The number of hydrogen-bond acceptors (Lipinski definition) is 3. The van der Waals surface area contributed by atoms with Crippen molar-refractivity contribution in [1.29, 1.82) is 5.26 Å². The highest BCUT2D eigenvalue weighted by Crippen LogP contribution is 2.24. The second kappa shape index (κ2) is 6.57. The van der Waals surface area contributed by atoms with Gasteiger partial charge >= 0.3 is 0 Å². The number of carbonyl (C=O) groups is 1. The number of aromatic nitrogens is 2. The minimum atomic E-state index is -1.20. The lowest BCUT2D eigenvalue weighted by Gasteiger charge is -2.17. The molecule has 0 radical (unpaired) electrons. The minimum absolute atomic E-state index is 0.0740. The largest absolute Gasteiger partial charge is 0.336 e. The van der Waals surface area contributed by atoms with E-state index in [9.17, 15) is 18.8 Å². The molecule has 2 rings (SSSR count). The van der Waals surface area contributed by atoms with Crippen LogP contribution in [0.3, 0.4) is 0 Å². The monoisotopic (exact) mass is 318 g/mol. The first-order valence-corrected chi connectivity index (χ1v) is 7.01. The van der Waals surface area contributed by atoms with E-state index < -0.39 is 29.5 Å². The summed E-state index contributed by atoms with van der Waals surface area (Å²) in [4.78, 5) is 12.4. The Bertz CT molecular complexity index is 759. The zero-order valence-corrected chi connectivity index (χ0v) is 12.9. The van der Waals surface area contributed by atoms with Gasteiger partial charge in [-0.05, 0) is 26.8 Å².